The van der Waals surface area contributed by atoms with E-state index in [4.69, 9.17) is 25.8 Å². The predicted octanol–water partition coefficient (Wildman–Crippen LogP) is 6.91. The van der Waals surface area contributed by atoms with Gasteiger partial charge >= 0.3 is 0 Å². The molecule has 3 aromatic carbocycles. The fraction of sp³-hybridized carbons (Fsp3) is 0.370. The van der Waals surface area contributed by atoms with Gasteiger partial charge in [-0.1, -0.05) is 43.2 Å². The molecule has 0 radical (unpaired) electrons. The lowest BCUT2D eigenvalue weighted by atomic mass is 9.72. The number of carbonyl (C=O) groups excluding carboxylic acids is 2. The number of amides is 2. The Balaban J connectivity index is 0.991. The van der Waals surface area contributed by atoms with Crippen LogP contribution in [0.3, 0.4) is 0 Å². The van der Waals surface area contributed by atoms with Crippen molar-refractivity contribution in [2.75, 3.05) is 80.8 Å². The summed E-state index contributed by atoms with van der Waals surface area (Å²) >= 11 is 6.25. The van der Waals surface area contributed by atoms with E-state index in [9.17, 15) is 28.1 Å². The first-order valence-corrected chi connectivity index (χ1v) is 23.4. The molecule has 2 saturated heterocycles. The minimum atomic E-state index is -4.68. The van der Waals surface area contributed by atoms with Crippen LogP contribution in [0, 0.1) is 15.5 Å². The van der Waals surface area contributed by atoms with Gasteiger partial charge in [0.05, 0.1) is 47.0 Å². The van der Waals surface area contributed by atoms with Crippen molar-refractivity contribution in [2.45, 2.75) is 44.1 Å². The number of aromatic nitrogens is 2. The van der Waals surface area contributed by atoms with E-state index in [0.29, 0.717) is 49.0 Å². The van der Waals surface area contributed by atoms with E-state index in [0.717, 1.165) is 50.7 Å². The summed E-state index contributed by atoms with van der Waals surface area (Å²) in [6.07, 6.45) is 4.46. The van der Waals surface area contributed by atoms with Crippen LogP contribution in [0.5, 0.6) is 5.88 Å². The van der Waals surface area contributed by atoms with E-state index in [2.05, 4.69) is 55.8 Å². The van der Waals surface area contributed by atoms with E-state index < -0.39 is 37.3 Å². The largest absolute Gasteiger partial charge is 0.466 e. The van der Waals surface area contributed by atoms with Crippen molar-refractivity contribution in [1.82, 2.24) is 19.6 Å². The van der Waals surface area contributed by atoms with Crippen molar-refractivity contribution >= 4 is 78.5 Å². The van der Waals surface area contributed by atoms with E-state index in [1.54, 1.807) is 30.5 Å². The number of piperazine rings is 1. The second kappa shape index (κ2) is 18.1. The molecule has 3 N–H and O–H groups in total. The molecule has 0 spiro atoms. The summed E-state index contributed by atoms with van der Waals surface area (Å²) in [7, 11) is -4.68. The highest BCUT2D eigenvalue weighted by Crippen LogP contribution is 2.44. The van der Waals surface area contributed by atoms with Gasteiger partial charge in [0.1, 0.15) is 17.0 Å². The van der Waals surface area contributed by atoms with Gasteiger partial charge in [0.25, 0.3) is 27.5 Å². The number of halogens is 1. The number of hydrogen-bond donors (Lipinski definition) is 3. The molecule has 19 heteroatoms. The minimum absolute atomic E-state index is 0.0700. The number of pyridine rings is 1. The SMILES string of the molecule is CC1(C)CCC(CN2CCN(c3ccc(C(=O)NS(=O)(=O)c4ccc(NC[C@H]5COCCO5)c([N+](=O)[O-])c4)c(N4C(=O)COc5nc6[nH]ccc6cc54)c3)CC2)=C(c2ccc(Cl)cc2)C1. The summed E-state index contributed by atoms with van der Waals surface area (Å²) in [5.74, 6) is -1.40. The molecule has 0 bridgehead atoms. The standard InChI is InChI=1S/C46H49ClN8O9S/c1-46(2)13-11-31(37(24-46)29-3-5-32(47)6-4-29)26-52-15-17-53(18-16-52)33-7-9-36(39(22-33)54-41-21-30-12-14-48-43(30)50-45(41)64-28-42(54)56)44(57)51-65(60,61)35-8-10-38(40(23-35)55(58)59)49-25-34-27-62-19-20-63-34/h3-10,12,14,21-23,34,49H,11,13,15-20,24-28H2,1-2H3,(H,48,50)(H,51,57)/t34-/m0/s1. The zero-order valence-corrected chi connectivity index (χ0v) is 37.5. The third kappa shape index (κ3) is 9.53. The molecule has 3 aliphatic heterocycles. The Morgan fingerprint density at radius 1 is 1.02 bits per heavy atom. The first-order chi connectivity index (χ1) is 31.2. The lowest BCUT2D eigenvalue weighted by Crippen LogP contribution is -2.47. The maximum atomic E-state index is 14.3. The number of benzene rings is 3. The third-order valence-corrected chi connectivity index (χ3v) is 14.0. The molecule has 5 aromatic rings. The monoisotopic (exact) mass is 924 g/mol. The predicted molar refractivity (Wildman–Crippen MR) is 247 cm³/mol. The van der Waals surface area contributed by atoms with Crippen LogP contribution in [-0.2, 0) is 24.3 Å². The lowest BCUT2D eigenvalue weighted by molar-refractivity contribution is -0.384. The normalized spacial score (nSPS) is 19.2. The molecule has 1 atom stereocenters. The maximum absolute atomic E-state index is 14.3. The molecule has 340 valence electrons. The first-order valence-electron chi connectivity index (χ1n) is 21.5. The molecule has 2 amide bonds. The Bertz CT molecular complexity index is 2800. The van der Waals surface area contributed by atoms with Crippen LogP contribution in [0.15, 0.2) is 89.5 Å². The number of ether oxygens (including phenoxy) is 3. The topological polar surface area (TPSA) is 202 Å². The summed E-state index contributed by atoms with van der Waals surface area (Å²) < 4.78 is 46.6. The Morgan fingerprint density at radius 3 is 2.57 bits per heavy atom. The van der Waals surface area contributed by atoms with Crippen molar-refractivity contribution in [3.05, 3.63) is 111 Å². The van der Waals surface area contributed by atoms with Crippen molar-refractivity contribution in [1.29, 1.82) is 0 Å². The van der Waals surface area contributed by atoms with Gasteiger partial charge < -0.3 is 29.4 Å². The van der Waals surface area contributed by atoms with Crippen LogP contribution in [0.25, 0.3) is 16.6 Å². The summed E-state index contributed by atoms with van der Waals surface area (Å²) in [6, 6.07) is 19.9. The van der Waals surface area contributed by atoms with E-state index in [-0.39, 0.29) is 53.2 Å². The molecule has 9 rings (SSSR count). The maximum Gasteiger partial charge on any atom is 0.293 e. The average Bonchev–Trinajstić information content (AvgIpc) is 3.76. The Labute approximate surface area is 380 Å². The molecule has 4 aliphatic rings. The number of allylic oxidation sites excluding steroid dienone is 1. The summed E-state index contributed by atoms with van der Waals surface area (Å²) in [5.41, 5.74) is 5.29. The number of nitro groups is 1. The van der Waals surface area contributed by atoms with Gasteiger partial charge in [0, 0.05) is 67.6 Å². The number of sulfonamides is 1. The minimum Gasteiger partial charge on any atom is -0.466 e. The zero-order chi connectivity index (χ0) is 45.5. The molecular formula is C46H49ClN8O9S. The van der Waals surface area contributed by atoms with Crippen LogP contribution in [-0.4, -0.2) is 112 Å². The van der Waals surface area contributed by atoms with E-state index in [1.807, 2.05) is 12.1 Å². The number of carbonyl (C=O) groups is 2. The van der Waals surface area contributed by atoms with Crippen molar-refractivity contribution in [3.63, 3.8) is 0 Å². The average molecular weight is 925 g/mol. The van der Waals surface area contributed by atoms with Gasteiger partial charge in [-0.15, -0.1) is 0 Å². The number of aromatic amines is 1. The molecule has 17 nitrogen and oxygen atoms in total. The number of H-pyrrole nitrogens is 1. The number of nitrogens with zero attached hydrogens (tertiary/aromatic N) is 5. The summed E-state index contributed by atoms with van der Waals surface area (Å²) in [4.78, 5) is 52.7. The van der Waals surface area contributed by atoms with E-state index in [1.165, 1.54) is 39.8 Å². The van der Waals surface area contributed by atoms with Gasteiger partial charge in [-0.05, 0) is 90.4 Å². The van der Waals surface area contributed by atoms with Crippen LogP contribution >= 0.6 is 11.6 Å². The third-order valence-electron chi connectivity index (χ3n) is 12.4. The van der Waals surface area contributed by atoms with Crippen molar-refractivity contribution < 1.29 is 37.1 Å². The van der Waals surface area contributed by atoms with Crippen molar-refractivity contribution in [2.24, 2.45) is 5.41 Å². The smallest absolute Gasteiger partial charge is 0.293 e. The highest BCUT2D eigenvalue weighted by atomic mass is 35.5. The molecule has 2 aromatic heterocycles. The quantitative estimate of drug-likeness (QED) is 0.0862. The second-order valence-electron chi connectivity index (χ2n) is 17.5. The number of anilines is 4. The Morgan fingerprint density at radius 2 is 1.82 bits per heavy atom. The van der Waals surface area contributed by atoms with Gasteiger partial charge in [-0.3, -0.25) is 29.5 Å². The van der Waals surface area contributed by atoms with Gasteiger partial charge in [-0.2, -0.15) is 4.98 Å². The van der Waals surface area contributed by atoms with Crippen LogP contribution < -0.4 is 24.6 Å². The number of nitro benzene ring substituents is 1. The molecular weight excluding hydrogens is 876 g/mol. The number of rotatable bonds is 12. The Hall–Kier alpha value is -6.05. The Kier molecular flexibility index (Phi) is 12.3. The fourth-order valence-corrected chi connectivity index (χ4v) is 10.0. The van der Waals surface area contributed by atoms with Crippen LogP contribution in [0.2, 0.25) is 5.02 Å². The molecule has 1 aliphatic carbocycles. The van der Waals surface area contributed by atoms with Gasteiger partial charge in [-0.25, -0.2) is 13.1 Å². The van der Waals surface area contributed by atoms with Crippen molar-refractivity contribution in [3.8, 4) is 5.88 Å². The molecule has 65 heavy (non-hydrogen) atoms. The summed E-state index contributed by atoms with van der Waals surface area (Å²) in [6.45, 7) is 9.24. The highest BCUT2D eigenvalue weighted by molar-refractivity contribution is 7.90. The molecule has 5 heterocycles. The molecule has 0 saturated carbocycles. The first kappa shape index (κ1) is 44.2. The van der Waals surface area contributed by atoms with E-state index >= 15 is 0 Å². The van der Waals surface area contributed by atoms with Crippen LogP contribution in [0.1, 0.15) is 49.0 Å². The number of nitrogens with one attached hydrogen (secondary N) is 3. The second-order valence-corrected chi connectivity index (χ2v) is 19.6. The molecule has 2 fully saturated rings. The van der Waals surface area contributed by atoms with Crippen LogP contribution in [0.4, 0.5) is 28.4 Å². The number of hydrogen-bond acceptors (Lipinski definition) is 13. The fourth-order valence-electron chi connectivity index (χ4n) is 8.90. The summed E-state index contributed by atoms with van der Waals surface area (Å²) in [5, 5.41) is 16.5. The zero-order valence-electron chi connectivity index (χ0n) is 36.0. The lowest BCUT2D eigenvalue weighted by Gasteiger charge is -2.39. The van der Waals surface area contributed by atoms with Gasteiger partial charge in [0.15, 0.2) is 6.61 Å². The van der Waals surface area contributed by atoms with Gasteiger partial charge in [0.2, 0.25) is 5.88 Å². The number of fused-ring (bicyclic) bond motifs is 2. The molecule has 0 unspecified atom stereocenters. The highest BCUT2D eigenvalue weighted by Gasteiger charge is 2.35.